The maximum absolute atomic E-state index is 11.0. The fraction of sp³-hybridized carbons (Fsp3) is 0.636. The molecule has 1 aromatic heterocycles. The van der Waals surface area contributed by atoms with Crippen LogP contribution in [0.2, 0.25) is 0 Å². The molecule has 0 N–H and O–H groups in total. The van der Waals surface area contributed by atoms with Crippen LogP contribution in [0.25, 0.3) is 0 Å². The van der Waals surface area contributed by atoms with Crippen molar-refractivity contribution in [3.63, 3.8) is 0 Å². The molecule has 4 heteroatoms. The van der Waals surface area contributed by atoms with Crippen LogP contribution in [-0.2, 0) is 18.3 Å². The van der Waals surface area contributed by atoms with Crippen molar-refractivity contribution in [1.82, 2.24) is 14.7 Å². The second-order valence-electron chi connectivity index (χ2n) is 4.21. The second kappa shape index (κ2) is 3.68. The van der Waals surface area contributed by atoms with E-state index in [0.717, 1.165) is 24.9 Å². The number of hydrogen-bond acceptors (Lipinski definition) is 2. The van der Waals surface area contributed by atoms with Gasteiger partial charge in [-0.2, -0.15) is 5.10 Å². The third-order valence-corrected chi connectivity index (χ3v) is 3.25. The van der Waals surface area contributed by atoms with E-state index >= 15 is 0 Å². The molecule has 0 radical (unpaired) electrons. The van der Waals surface area contributed by atoms with E-state index < -0.39 is 0 Å². The van der Waals surface area contributed by atoms with Crippen LogP contribution in [0.4, 0.5) is 0 Å². The number of rotatable bonds is 2. The van der Waals surface area contributed by atoms with Crippen molar-refractivity contribution < 1.29 is 4.79 Å². The van der Waals surface area contributed by atoms with Crippen molar-refractivity contribution in [1.29, 1.82) is 0 Å². The van der Waals surface area contributed by atoms with Gasteiger partial charge in [-0.05, 0) is 25.3 Å². The van der Waals surface area contributed by atoms with Crippen LogP contribution in [0.3, 0.4) is 0 Å². The summed E-state index contributed by atoms with van der Waals surface area (Å²) in [6, 6.07) is 0.437. The first-order chi connectivity index (χ1) is 7.17. The standard InChI is InChI=1S/C11H17N3O/c1-4-10-5-9-6-13(3)12-11(9)8(2)14(10)7-15/h6-8,10H,4-5H2,1-3H3. The van der Waals surface area contributed by atoms with Gasteiger partial charge in [0.2, 0.25) is 6.41 Å². The van der Waals surface area contributed by atoms with Crippen LogP contribution in [0.5, 0.6) is 0 Å². The van der Waals surface area contributed by atoms with E-state index in [1.54, 1.807) is 0 Å². The van der Waals surface area contributed by atoms with Crippen LogP contribution in [0, 0.1) is 0 Å². The first kappa shape index (κ1) is 10.2. The summed E-state index contributed by atoms with van der Waals surface area (Å²) >= 11 is 0. The molecule has 1 amide bonds. The molecule has 1 aromatic rings. The highest BCUT2D eigenvalue weighted by molar-refractivity contribution is 5.51. The highest BCUT2D eigenvalue weighted by Gasteiger charge is 2.31. The molecule has 4 nitrogen and oxygen atoms in total. The monoisotopic (exact) mass is 207 g/mol. The van der Waals surface area contributed by atoms with Gasteiger partial charge in [-0.25, -0.2) is 0 Å². The molecule has 0 saturated heterocycles. The van der Waals surface area contributed by atoms with E-state index in [1.165, 1.54) is 5.56 Å². The minimum absolute atomic E-state index is 0.109. The van der Waals surface area contributed by atoms with Crippen LogP contribution in [0.15, 0.2) is 6.20 Å². The molecule has 2 rings (SSSR count). The molecular weight excluding hydrogens is 190 g/mol. The Morgan fingerprint density at radius 2 is 2.40 bits per heavy atom. The molecule has 2 heterocycles. The average molecular weight is 207 g/mol. The molecule has 82 valence electrons. The molecule has 0 aliphatic carbocycles. The third-order valence-electron chi connectivity index (χ3n) is 3.25. The van der Waals surface area contributed by atoms with Gasteiger partial charge in [0.25, 0.3) is 0 Å². The fourth-order valence-corrected chi connectivity index (χ4v) is 2.41. The van der Waals surface area contributed by atoms with Crippen LogP contribution in [0.1, 0.15) is 37.6 Å². The lowest BCUT2D eigenvalue weighted by atomic mass is 9.94. The summed E-state index contributed by atoms with van der Waals surface area (Å²) in [7, 11) is 1.93. The number of carbonyl (C=O) groups excluding carboxylic acids is 1. The van der Waals surface area contributed by atoms with Gasteiger partial charge in [0.05, 0.1) is 11.7 Å². The van der Waals surface area contributed by atoms with E-state index in [0.29, 0.717) is 6.04 Å². The number of carbonyl (C=O) groups is 1. The normalized spacial score (nSPS) is 25.1. The first-order valence-electron chi connectivity index (χ1n) is 5.42. The number of amides is 1. The maximum atomic E-state index is 11.0. The summed E-state index contributed by atoms with van der Waals surface area (Å²) in [6.45, 7) is 4.16. The van der Waals surface area contributed by atoms with Gasteiger partial charge in [-0.1, -0.05) is 6.92 Å². The Balaban J connectivity index is 2.39. The molecule has 0 bridgehead atoms. The van der Waals surface area contributed by atoms with Gasteiger partial charge in [0.1, 0.15) is 0 Å². The Kier molecular flexibility index (Phi) is 2.50. The molecule has 0 spiro atoms. The number of aryl methyl sites for hydroxylation is 1. The quantitative estimate of drug-likeness (QED) is 0.685. The van der Waals surface area contributed by atoms with Crippen LogP contribution < -0.4 is 0 Å². The van der Waals surface area contributed by atoms with Crippen LogP contribution in [-0.4, -0.2) is 27.1 Å². The predicted molar refractivity (Wildman–Crippen MR) is 57.3 cm³/mol. The molecule has 2 atom stereocenters. The van der Waals surface area contributed by atoms with Gasteiger partial charge in [0, 0.05) is 19.3 Å². The van der Waals surface area contributed by atoms with E-state index in [1.807, 2.05) is 23.6 Å². The lowest BCUT2D eigenvalue weighted by Gasteiger charge is -2.36. The summed E-state index contributed by atoms with van der Waals surface area (Å²) in [5.74, 6) is 0. The summed E-state index contributed by atoms with van der Waals surface area (Å²) in [5, 5.41) is 4.42. The van der Waals surface area contributed by atoms with Crippen molar-refractivity contribution in [2.75, 3.05) is 0 Å². The Morgan fingerprint density at radius 3 is 3.00 bits per heavy atom. The summed E-state index contributed by atoms with van der Waals surface area (Å²) in [5.41, 5.74) is 2.34. The third kappa shape index (κ3) is 1.54. The minimum atomic E-state index is 0.109. The first-order valence-corrected chi connectivity index (χ1v) is 5.42. The zero-order valence-corrected chi connectivity index (χ0v) is 9.47. The summed E-state index contributed by atoms with van der Waals surface area (Å²) < 4.78 is 1.84. The molecule has 15 heavy (non-hydrogen) atoms. The average Bonchev–Trinajstić information content (AvgIpc) is 2.59. The summed E-state index contributed by atoms with van der Waals surface area (Å²) in [6.07, 6.45) is 4.95. The maximum Gasteiger partial charge on any atom is 0.210 e. The lowest BCUT2D eigenvalue weighted by molar-refractivity contribution is -0.123. The van der Waals surface area contributed by atoms with Crippen molar-refractivity contribution >= 4 is 6.41 Å². The molecule has 1 aliphatic heterocycles. The SMILES string of the molecule is CCC1Cc2cn(C)nc2C(C)N1C=O. The smallest absolute Gasteiger partial charge is 0.210 e. The predicted octanol–water partition coefficient (Wildman–Crippen LogP) is 1.27. The fourth-order valence-electron chi connectivity index (χ4n) is 2.41. The van der Waals surface area contributed by atoms with Gasteiger partial charge in [-0.3, -0.25) is 9.48 Å². The molecular formula is C11H17N3O. The molecule has 0 fully saturated rings. The largest absolute Gasteiger partial charge is 0.334 e. The molecule has 1 aliphatic rings. The van der Waals surface area contributed by atoms with E-state index in [9.17, 15) is 4.79 Å². The topological polar surface area (TPSA) is 38.1 Å². The summed E-state index contributed by atoms with van der Waals surface area (Å²) in [4.78, 5) is 12.9. The van der Waals surface area contributed by atoms with Crippen molar-refractivity contribution in [3.8, 4) is 0 Å². The number of hydrogen-bond donors (Lipinski definition) is 0. The van der Waals surface area contributed by atoms with Gasteiger partial charge in [0.15, 0.2) is 0 Å². The highest BCUT2D eigenvalue weighted by atomic mass is 16.1. The molecule has 0 saturated carbocycles. The Labute approximate surface area is 89.9 Å². The van der Waals surface area contributed by atoms with Crippen molar-refractivity contribution in [3.05, 3.63) is 17.5 Å². The van der Waals surface area contributed by atoms with E-state index in [2.05, 4.69) is 18.2 Å². The van der Waals surface area contributed by atoms with Crippen LogP contribution >= 0.6 is 0 Å². The Hall–Kier alpha value is -1.32. The molecule has 2 unspecified atom stereocenters. The Bertz CT molecular complexity index is 372. The van der Waals surface area contributed by atoms with Gasteiger partial charge >= 0.3 is 0 Å². The van der Waals surface area contributed by atoms with Crippen molar-refractivity contribution in [2.24, 2.45) is 7.05 Å². The Morgan fingerprint density at radius 1 is 1.67 bits per heavy atom. The molecule has 0 aromatic carbocycles. The number of nitrogens with zero attached hydrogens (tertiary/aromatic N) is 3. The lowest BCUT2D eigenvalue weighted by Crippen LogP contribution is -2.41. The van der Waals surface area contributed by atoms with E-state index in [4.69, 9.17) is 0 Å². The highest BCUT2D eigenvalue weighted by Crippen LogP contribution is 2.31. The van der Waals surface area contributed by atoms with E-state index in [-0.39, 0.29) is 6.04 Å². The zero-order chi connectivity index (χ0) is 11.0. The van der Waals surface area contributed by atoms with Crippen molar-refractivity contribution in [2.45, 2.75) is 38.8 Å². The zero-order valence-electron chi connectivity index (χ0n) is 9.47. The number of fused-ring (bicyclic) bond motifs is 1. The minimum Gasteiger partial charge on any atom is -0.334 e. The number of aromatic nitrogens is 2. The van der Waals surface area contributed by atoms with Gasteiger partial charge in [-0.15, -0.1) is 0 Å². The second-order valence-corrected chi connectivity index (χ2v) is 4.21. The van der Waals surface area contributed by atoms with Gasteiger partial charge < -0.3 is 4.90 Å².